The van der Waals surface area contributed by atoms with Crippen LogP contribution in [0, 0.1) is 17.1 Å². The summed E-state index contributed by atoms with van der Waals surface area (Å²) in [7, 11) is 0. The number of aromatic nitrogens is 3. The van der Waals surface area contributed by atoms with E-state index in [1.807, 2.05) is 6.07 Å². The number of nitrogens with zero attached hydrogens (tertiary/aromatic N) is 4. The van der Waals surface area contributed by atoms with Gasteiger partial charge in [-0.15, -0.1) is 0 Å². The highest BCUT2D eigenvalue weighted by atomic mass is 35.5. The van der Waals surface area contributed by atoms with Crippen LogP contribution in [0.4, 0.5) is 10.1 Å². The van der Waals surface area contributed by atoms with Gasteiger partial charge < -0.3 is 15.6 Å². The number of fused-ring (bicyclic) bond motifs is 1. The number of anilines is 1. The fourth-order valence-electron chi connectivity index (χ4n) is 4.07. The molecule has 1 saturated heterocycles. The molecule has 0 spiro atoms. The minimum atomic E-state index is -0.384. The maximum absolute atomic E-state index is 14.3. The monoisotopic (exact) mass is 432 g/mol. The van der Waals surface area contributed by atoms with Crippen LogP contribution in [0.1, 0.15) is 12.0 Å². The lowest BCUT2D eigenvalue weighted by Gasteiger charge is -2.24. The van der Waals surface area contributed by atoms with Gasteiger partial charge in [0.15, 0.2) is 5.82 Å². The Morgan fingerprint density at radius 3 is 2.81 bits per heavy atom. The standard InChI is InChI=1S/C23H18ClFN6/c24-18-5-4-13(8-14(18)9-26)16-10-28-11-17(22(16)31-7-6-15(27)12-31)23-29-20-3-1-2-19(25)21(20)30-23/h1-5,8,10-11,15H,6-7,12,27H2,(H,29,30)/t15-/m0/s1. The summed E-state index contributed by atoms with van der Waals surface area (Å²) >= 11 is 6.14. The molecule has 1 aliphatic heterocycles. The molecule has 8 heteroatoms. The number of aromatic amines is 1. The van der Waals surface area contributed by atoms with Crippen LogP contribution in [-0.4, -0.2) is 34.1 Å². The Balaban J connectivity index is 1.74. The summed E-state index contributed by atoms with van der Waals surface area (Å²) in [5.41, 5.74) is 10.8. The molecule has 1 atom stereocenters. The predicted molar refractivity (Wildman–Crippen MR) is 119 cm³/mol. The van der Waals surface area contributed by atoms with Crippen LogP contribution in [0.5, 0.6) is 0 Å². The third-order valence-electron chi connectivity index (χ3n) is 5.57. The number of hydrogen-bond donors (Lipinski definition) is 2. The molecule has 2 aromatic carbocycles. The van der Waals surface area contributed by atoms with Crippen LogP contribution >= 0.6 is 11.6 Å². The van der Waals surface area contributed by atoms with E-state index in [0.29, 0.717) is 28.5 Å². The lowest BCUT2D eigenvalue weighted by Crippen LogP contribution is -2.27. The van der Waals surface area contributed by atoms with Crippen molar-refractivity contribution in [3.05, 3.63) is 65.2 Å². The van der Waals surface area contributed by atoms with Gasteiger partial charge in [-0.2, -0.15) is 5.26 Å². The summed E-state index contributed by atoms with van der Waals surface area (Å²) in [5.74, 6) is 0.143. The molecule has 2 aromatic heterocycles. The molecule has 1 aliphatic rings. The SMILES string of the molecule is N#Cc1cc(-c2cncc(-c3nc4c(F)cccc4[nH]3)c2N2CC[C@H](N)C2)ccc1Cl. The molecule has 4 aromatic rings. The molecular formula is C23H18ClFN6. The second kappa shape index (κ2) is 7.65. The number of hydrogen-bond acceptors (Lipinski definition) is 5. The second-order valence-electron chi connectivity index (χ2n) is 7.61. The average Bonchev–Trinajstić information content (AvgIpc) is 3.40. The minimum absolute atomic E-state index is 0.0573. The van der Waals surface area contributed by atoms with Crippen LogP contribution in [0.25, 0.3) is 33.5 Å². The number of para-hydroxylation sites is 1. The zero-order valence-corrected chi connectivity index (χ0v) is 17.2. The fraction of sp³-hybridized carbons (Fsp3) is 0.174. The Hall–Kier alpha value is -3.47. The van der Waals surface area contributed by atoms with Crippen molar-refractivity contribution in [3.63, 3.8) is 0 Å². The van der Waals surface area contributed by atoms with Crippen molar-refractivity contribution in [1.82, 2.24) is 15.0 Å². The van der Waals surface area contributed by atoms with Crippen molar-refractivity contribution in [2.75, 3.05) is 18.0 Å². The Labute approximate surface area is 183 Å². The minimum Gasteiger partial charge on any atom is -0.369 e. The molecule has 3 N–H and O–H groups in total. The Bertz CT molecular complexity index is 1340. The lowest BCUT2D eigenvalue weighted by molar-refractivity contribution is 0.637. The van der Waals surface area contributed by atoms with Gasteiger partial charge in [0.25, 0.3) is 0 Å². The van der Waals surface area contributed by atoms with E-state index in [9.17, 15) is 9.65 Å². The Morgan fingerprint density at radius 2 is 2.06 bits per heavy atom. The third kappa shape index (κ3) is 3.40. The van der Waals surface area contributed by atoms with Crippen molar-refractivity contribution >= 4 is 28.3 Å². The molecule has 6 nitrogen and oxygen atoms in total. The highest BCUT2D eigenvalue weighted by Gasteiger charge is 2.26. The molecule has 0 saturated carbocycles. The lowest BCUT2D eigenvalue weighted by atomic mass is 10.00. The maximum Gasteiger partial charge on any atom is 0.151 e. The van der Waals surface area contributed by atoms with Gasteiger partial charge in [0.05, 0.1) is 27.4 Å². The molecular weight excluding hydrogens is 415 g/mol. The fourth-order valence-corrected chi connectivity index (χ4v) is 4.23. The number of nitriles is 1. The highest BCUT2D eigenvalue weighted by Crippen LogP contribution is 2.40. The van der Waals surface area contributed by atoms with Crippen LogP contribution in [-0.2, 0) is 0 Å². The van der Waals surface area contributed by atoms with Gasteiger partial charge in [0.2, 0.25) is 0 Å². The third-order valence-corrected chi connectivity index (χ3v) is 5.90. The Kier molecular flexibility index (Phi) is 4.81. The zero-order chi connectivity index (χ0) is 21.5. The average molecular weight is 433 g/mol. The van der Waals surface area contributed by atoms with E-state index in [2.05, 4.69) is 25.9 Å². The molecule has 154 valence electrons. The van der Waals surface area contributed by atoms with E-state index < -0.39 is 0 Å². The Morgan fingerprint density at radius 1 is 1.23 bits per heavy atom. The summed E-state index contributed by atoms with van der Waals surface area (Å²) in [5, 5.41) is 9.81. The molecule has 0 radical (unpaired) electrons. The number of H-pyrrole nitrogens is 1. The molecule has 31 heavy (non-hydrogen) atoms. The van der Waals surface area contributed by atoms with Crippen molar-refractivity contribution < 1.29 is 4.39 Å². The van der Waals surface area contributed by atoms with Crippen LogP contribution in [0.3, 0.4) is 0 Å². The van der Waals surface area contributed by atoms with Gasteiger partial charge in [0.1, 0.15) is 17.4 Å². The van der Waals surface area contributed by atoms with Crippen molar-refractivity contribution in [2.24, 2.45) is 5.73 Å². The van der Waals surface area contributed by atoms with E-state index in [-0.39, 0.29) is 17.4 Å². The first-order valence-corrected chi connectivity index (χ1v) is 10.3. The largest absolute Gasteiger partial charge is 0.369 e. The quantitative estimate of drug-likeness (QED) is 0.497. The van der Waals surface area contributed by atoms with Gasteiger partial charge in [-0.25, -0.2) is 9.37 Å². The highest BCUT2D eigenvalue weighted by molar-refractivity contribution is 6.31. The van der Waals surface area contributed by atoms with Crippen LogP contribution < -0.4 is 10.6 Å². The molecule has 3 heterocycles. The normalized spacial score (nSPS) is 16.1. The van der Waals surface area contributed by atoms with Gasteiger partial charge in [-0.3, -0.25) is 4.98 Å². The van der Waals surface area contributed by atoms with E-state index >= 15 is 0 Å². The zero-order valence-electron chi connectivity index (χ0n) is 16.4. The van der Waals surface area contributed by atoms with E-state index in [0.717, 1.165) is 35.3 Å². The second-order valence-corrected chi connectivity index (χ2v) is 8.01. The number of benzene rings is 2. The number of halogens is 2. The van der Waals surface area contributed by atoms with Crippen molar-refractivity contribution in [1.29, 1.82) is 5.26 Å². The molecule has 1 fully saturated rings. The number of pyridine rings is 1. The van der Waals surface area contributed by atoms with Gasteiger partial charge in [-0.05, 0) is 36.2 Å². The van der Waals surface area contributed by atoms with E-state index in [4.69, 9.17) is 17.3 Å². The number of imidazole rings is 1. The summed E-state index contributed by atoms with van der Waals surface area (Å²) in [6, 6.07) is 12.3. The number of nitrogens with two attached hydrogens (primary N) is 1. The molecule has 0 aliphatic carbocycles. The first kappa shape index (κ1) is 19.5. The van der Waals surface area contributed by atoms with Crippen molar-refractivity contribution in [3.8, 4) is 28.6 Å². The first-order chi connectivity index (χ1) is 15.0. The summed E-state index contributed by atoms with van der Waals surface area (Å²) in [6.45, 7) is 1.45. The number of nitrogens with one attached hydrogen (secondary N) is 1. The molecule has 0 amide bonds. The van der Waals surface area contributed by atoms with Crippen LogP contribution in [0.2, 0.25) is 5.02 Å². The predicted octanol–water partition coefficient (Wildman–Crippen LogP) is 4.49. The maximum atomic E-state index is 14.3. The topological polar surface area (TPSA) is 94.6 Å². The summed E-state index contributed by atoms with van der Waals surface area (Å²) in [6.07, 6.45) is 4.34. The van der Waals surface area contributed by atoms with Crippen LogP contribution in [0.15, 0.2) is 48.8 Å². The number of rotatable bonds is 3. The molecule has 0 unspecified atom stereocenters. The van der Waals surface area contributed by atoms with Gasteiger partial charge in [0, 0.05) is 37.1 Å². The van der Waals surface area contributed by atoms with Gasteiger partial charge >= 0.3 is 0 Å². The van der Waals surface area contributed by atoms with Gasteiger partial charge in [-0.1, -0.05) is 23.7 Å². The smallest absolute Gasteiger partial charge is 0.151 e. The van der Waals surface area contributed by atoms with E-state index in [1.54, 1.807) is 36.7 Å². The van der Waals surface area contributed by atoms with Crippen molar-refractivity contribution in [2.45, 2.75) is 12.5 Å². The first-order valence-electron chi connectivity index (χ1n) is 9.88. The molecule has 0 bridgehead atoms. The summed E-state index contributed by atoms with van der Waals surface area (Å²) < 4.78 is 14.3. The van der Waals surface area contributed by atoms with E-state index in [1.165, 1.54) is 6.07 Å². The molecule has 5 rings (SSSR count). The summed E-state index contributed by atoms with van der Waals surface area (Å²) in [4.78, 5) is 14.4.